The number of amides is 2. The summed E-state index contributed by atoms with van der Waals surface area (Å²) in [6, 6.07) is 21.6. The molecule has 1 N–H and O–H groups in total. The molecule has 3 rings (SSSR count). The Kier molecular flexibility index (Phi) is 12.4. The van der Waals surface area contributed by atoms with Crippen LogP contribution in [0.1, 0.15) is 49.8 Å². The molecule has 3 aromatic rings. The third-order valence-corrected chi connectivity index (χ3v) is 9.07. The molecule has 0 fully saturated rings. The van der Waals surface area contributed by atoms with Gasteiger partial charge in [0.25, 0.3) is 0 Å². The van der Waals surface area contributed by atoms with Gasteiger partial charge in [-0.05, 0) is 67.6 Å². The van der Waals surface area contributed by atoms with Crippen molar-refractivity contribution in [2.24, 2.45) is 0 Å². The number of rotatable bonds is 14. The zero-order chi connectivity index (χ0) is 30.9. The van der Waals surface area contributed by atoms with Crippen LogP contribution in [-0.2, 0) is 32.6 Å². The highest BCUT2D eigenvalue weighted by Crippen LogP contribution is 2.27. The van der Waals surface area contributed by atoms with Crippen molar-refractivity contribution in [3.8, 4) is 0 Å². The topological polar surface area (TPSA) is 86.8 Å². The number of aryl methyl sites for hydroxylation is 1. The highest BCUT2D eigenvalue weighted by atomic mass is 79.9. The minimum atomic E-state index is -3.63. The molecule has 226 valence electrons. The Labute approximate surface area is 263 Å². The van der Waals surface area contributed by atoms with Crippen molar-refractivity contribution in [2.75, 3.05) is 17.1 Å². The Morgan fingerprint density at radius 1 is 1.00 bits per heavy atom. The molecule has 0 aliphatic rings. The molecule has 0 bridgehead atoms. The van der Waals surface area contributed by atoms with Gasteiger partial charge in [0, 0.05) is 41.5 Å². The standard InChI is InChI=1S/C32H39BrClN3O4S/c1-5-24(3)35-32(39)30(20-25-10-7-6-8-11-25)36(22-26-14-16-27(33)17-15-26)31(38)12-9-19-37(42(4,40)41)29-21-28(34)18-13-23(29)2/h6-8,10-11,13-18,21,24,30H,5,9,12,19-20,22H2,1-4H3,(H,35,39). The number of hydrogen-bond acceptors (Lipinski definition) is 4. The SMILES string of the molecule is CCC(C)NC(=O)C(Cc1ccccc1)N(Cc1ccc(Br)cc1)C(=O)CCCN(c1cc(Cl)ccc1C)S(C)(=O)=O. The van der Waals surface area contributed by atoms with E-state index in [0.717, 1.165) is 33.8 Å². The Morgan fingerprint density at radius 2 is 1.67 bits per heavy atom. The van der Waals surface area contributed by atoms with Crippen LogP contribution in [0.2, 0.25) is 5.02 Å². The molecular weight excluding hydrogens is 638 g/mol. The van der Waals surface area contributed by atoms with Crippen molar-refractivity contribution in [3.05, 3.63) is 99.0 Å². The van der Waals surface area contributed by atoms with Crippen LogP contribution in [0, 0.1) is 6.92 Å². The van der Waals surface area contributed by atoms with Crippen molar-refractivity contribution >= 4 is 55.1 Å². The molecule has 0 heterocycles. The van der Waals surface area contributed by atoms with Crippen LogP contribution in [0.15, 0.2) is 77.3 Å². The van der Waals surface area contributed by atoms with Crippen LogP contribution < -0.4 is 9.62 Å². The normalized spacial score (nSPS) is 12.8. The Balaban J connectivity index is 1.90. The van der Waals surface area contributed by atoms with E-state index in [-0.39, 0.29) is 43.8 Å². The zero-order valence-electron chi connectivity index (χ0n) is 24.5. The van der Waals surface area contributed by atoms with Crippen molar-refractivity contribution in [2.45, 2.75) is 65.1 Å². The van der Waals surface area contributed by atoms with Gasteiger partial charge in [0.2, 0.25) is 21.8 Å². The maximum atomic E-state index is 13.9. The lowest BCUT2D eigenvalue weighted by Crippen LogP contribution is -2.52. The Bertz CT molecular complexity index is 1450. The number of nitrogens with one attached hydrogen (secondary N) is 1. The van der Waals surface area contributed by atoms with Gasteiger partial charge in [-0.3, -0.25) is 13.9 Å². The fraction of sp³-hybridized carbons (Fsp3) is 0.375. The minimum Gasteiger partial charge on any atom is -0.352 e. The maximum Gasteiger partial charge on any atom is 0.243 e. The van der Waals surface area contributed by atoms with E-state index in [4.69, 9.17) is 11.6 Å². The number of carbonyl (C=O) groups is 2. The van der Waals surface area contributed by atoms with Gasteiger partial charge in [-0.25, -0.2) is 8.42 Å². The molecule has 7 nitrogen and oxygen atoms in total. The maximum absolute atomic E-state index is 13.9. The molecular formula is C32H39BrClN3O4S. The summed E-state index contributed by atoms with van der Waals surface area (Å²) in [5.74, 6) is -0.444. The van der Waals surface area contributed by atoms with E-state index in [2.05, 4.69) is 21.2 Å². The third-order valence-electron chi connectivity index (χ3n) is 7.13. The summed E-state index contributed by atoms with van der Waals surface area (Å²) < 4.78 is 27.7. The summed E-state index contributed by atoms with van der Waals surface area (Å²) in [6.07, 6.45) is 2.57. The van der Waals surface area contributed by atoms with Gasteiger partial charge in [-0.15, -0.1) is 0 Å². The summed E-state index contributed by atoms with van der Waals surface area (Å²) in [7, 11) is -3.63. The van der Waals surface area contributed by atoms with E-state index >= 15 is 0 Å². The summed E-state index contributed by atoms with van der Waals surface area (Å²) in [4.78, 5) is 29.2. The van der Waals surface area contributed by atoms with E-state index in [9.17, 15) is 18.0 Å². The monoisotopic (exact) mass is 675 g/mol. The molecule has 0 aliphatic heterocycles. The molecule has 0 aromatic heterocycles. The van der Waals surface area contributed by atoms with Crippen molar-refractivity contribution in [1.82, 2.24) is 10.2 Å². The lowest BCUT2D eigenvalue weighted by atomic mass is 10.0. The van der Waals surface area contributed by atoms with Crippen LogP contribution in [0.3, 0.4) is 0 Å². The fourth-order valence-corrected chi connectivity index (χ4v) is 6.06. The van der Waals surface area contributed by atoms with E-state index in [1.165, 1.54) is 4.31 Å². The molecule has 0 spiro atoms. The first-order chi connectivity index (χ1) is 19.9. The fourth-order valence-electron chi connectivity index (χ4n) is 4.62. The van der Waals surface area contributed by atoms with Gasteiger partial charge in [-0.2, -0.15) is 0 Å². The van der Waals surface area contributed by atoms with Crippen molar-refractivity contribution in [1.29, 1.82) is 0 Å². The molecule has 2 atom stereocenters. The van der Waals surface area contributed by atoms with Gasteiger partial charge in [0.05, 0.1) is 11.9 Å². The number of sulfonamides is 1. The molecule has 0 saturated heterocycles. The van der Waals surface area contributed by atoms with Gasteiger partial charge < -0.3 is 10.2 Å². The number of anilines is 1. The van der Waals surface area contributed by atoms with E-state index in [1.807, 2.05) is 75.4 Å². The molecule has 42 heavy (non-hydrogen) atoms. The molecule has 0 radical (unpaired) electrons. The third kappa shape index (κ3) is 9.85. The zero-order valence-corrected chi connectivity index (χ0v) is 27.7. The highest BCUT2D eigenvalue weighted by Gasteiger charge is 2.31. The van der Waals surface area contributed by atoms with Gasteiger partial charge in [0.15, 0.2) is 0 Å². The van der Waals surface area contributed by atoms with Crippen LogP contribution in [-0.4, -0.2) is 50.0 Å². The van der Waals surface area contributed by atoms with E-state index in [1.54, 1.807) is 23.1 Å². The van der Waals surface area contributed by atoms with Crippen molar-refractivity contribution < 1.29 is 18.0 Å². The van der Waals surface area contributed by atoms with Crippen LogP contribution in [0.25, 0.3) is 0 Å². The molecule has 2 unspecified atom stereocenters. The summed E-state index contributed by atoms with van der Waals surface area (Å²) in [6.45, 7) is 6.09. The molecule has 0 saturated carbocycles. The number of halogens is 2. The predicted molar refractivity (Wildman–Crippen MR) is 174 cm³/mol. The number of benzene rings is 3. The van der Waals surface area contributed by atoms with Crippen LogP contribution in [0.4, 0.5) is 5.69 Å². The summed E-state index contributed by atoms with van der Waals surface area (Å²) in [5.41, 5.74) is 3.07. The number of nitrogens with zero attached hydrogens (tertiary/aromatic N) is 2. The van der Waals surface area contributed by atoms with E-state index in [0.29, 0.717) is 17.1 Å². The predicted octanol–water partition coefficient (Wildman–Crippen LogP) is 6.51. The van der Waals surface area contributed by atoms with Gasteiger partial charge in [-0.1, -0.05) is 83.0 Å². The van der Waals surface area contributed by atoms with Gasteiger partial charge in [0.1, 0.15) is 6.04 Å². The number of hydrogen-bond donors (Lipinski definition) is 1. The average molecular weight is 677 g/mol. The first kappa shape index (κ1) is 33.6. The molecule has 3 aromatic carbocycles. The molecule has 0 aliphatic carbocycles. The van der Waals surface area contributed by atoms with Gasteiger partial charge >= 0.3 is 0 Å². The smallest absolute Gasteiger partial charge is 0.243 e. The summed E-state index contributed by atoms with van der Waals surface area (Å²) >= 11 is 9.64. The minimum absolute atomic E-state index is 0.0512. The van der Waals surface area contributed by atoms with Crippen molar-refractivity contribution in [3.63, 3.8) is 0 Å². The average Bonchev–Trinajstić information content (AvgIpc) is 2.95. The van der Waals surface area contributed by atoms with Crippen LogP contribution in [0.5, 0.6) is 0 Å². The molecule has 10 heteroatoms. The summed E-state index contributed by atoms with van der Waals surface area (Å²) in [5, 5.41) is 3.49. The second kappa shape index (κ2) is 15.5. The lowest BCUT2D eigenvalue weighted by molar-refractivity contribution is -0.141. The Morgan fingerprint density at radius 3 is 2.29 bits per heavy atom. The first-order valence-corrected chi connectivity index (χ1v) is 17.0. The van der Waals surface area contributed by atoms with E-state index < -0.39 is 16.1 Å². The second-order valence-electron chi connectivity index (χ2n) is 10.5. The highest BCUT2D eigenvalue weighted by molar-refractivity contribution is 9.10. The molecule has 2 amide bonds. The lowest BCUT2D eigenvalue weighted by Gasteiger charge is -2.33. The quantitative estimate of drug-likeness (QED) is 0.211. The van der Waals surface area contributed by atoms with Crippen LogP contribution >= 0.6 is 27.5 Å². The first-order valence-electron chi connectivity index (χ1n) is 14.0. The largest absolute Gasteiger partial charge is 0.352 e. The Hall–Kier alpha value is -2.88. The second-order valence-corrected chi connectivity index (χ2v) is 13.8. The number of carbonyl (C=O) groups excluding carboxylic acids is 2.